The van der Waals surface area contributed by atoms with Crippen molar-refractivity contribution in [3.8, 4) is 5.75 Å². The highest BCUT2D eigenvalue weighted by Gasteiger charge is 2.26. The SMILES string of the molecule is COc1cccc(CN2CCC(NC(=O)CCc3ccc(S(=O)(=O)N4CCCCC4)cc3)CC2)c1. The van der Waals surface area contributed by atoms with Crippen LogP contribution in [0.15, 0.2) is 53.4 Å². The lowest BCUT2D eigenvalue weighted by molar-refractivity contribution is -0.122. The number of hydrogen-bond donors (Lipinski definition) is 1. The standard InChI is InChI=1S/C27H37N3O4S/c1-34-25-7-5-6-23(20-25)21-29-18-14-24(15-19-29)28-27(31)13-10-22-8-11-26(12-9-22)35(32,33)30-16-3-2-4-17-30/h5-9,11-12,20,24H,2-4,10,13-19,21H2,1H3,(H,28,31). The van der Waals surface area contributed by atoms with Crippen LogP contribution in [0.4, 0.5) is 0 Å². The Labute approximate surface area is 209 Å². The highest BCUT2D eigenvalue weighted by atomic mass is 32.2. The molecule has 0 radical (unpaired) electrons. The third-order valence-electron chi connectivity index (χ3n) is 7.01. The van der Waals surface area contributed by atoms with Crippen LogP contribution in [-0.2, 0) is 27.8 Å². The van der Waals surface area contributed by atoms with Gasteiger partial charge in [0.2, 0.25) is 15.9 Å². The fraction of sp³-hybridized carbons (Fsp3) is 0.519. The second kappa shape index (κ2) is 12.0. The van der Waals surface area contributed by atoms with Crippen LogP contribution < -0.4 is 10.1 Å². The molecule has 8 heteroatoms. The van der Waals surface area contributed by atoms with Crippen molar-refractivity contribution < 1.29 is 17.9 Å². The van der Waals surface area contributed by atoms with Gasteiger partial charge >= 0.3 is 0 Å². The minimum Gasteiger partial charge on any atom is -0.497 e. The topological polar surface area (TPSA) is 79.0 Å². The first kappa shape index (κ1) is 25.7. The zero-order valence-electron chi connectivity index (χ0n) is 20.6. The highest BCUT2D eigenvalue weighted by Crippen LogP contribution is 2.21. The van der Waals surface area contributed by atoms with Crippen molar-refractivity contribution in [2.75, 3.05) is 33.3 Å². The smallest absolute Gasteiger partial charge is 0.243 e. The summed E-state index contributed by atoms with van der Waals surface area (Å²) < 4.78 is 32.5. The zero-order chi connectivity index (χ0) is 24.7. The summed E-state index contributed by atoms with van der Waals surface area (Å²) in [4.78, 5) is 15.3. The summed E-state index contributed by atoms with van der Waals surface area (Å²) in [6.45, 7) is 4.00. The van der Waals surface area contributed by atoms with Crippen LogP contribution in [0.3, 0.4) is 0 Å². The van der Waals surface area contributed by atoms with Crippen molar-refractivity contribution in [3.63, 3.8) is 0 Å². The Balaban J connectivity index is 1.19. The number of hydrogen-bond acceptors (Lipinski definition) is 5. The monoisotopic (exact) mass is 499 g/mol. The van der Waals surface area contributed by atoms with Crippen molar-refractivity contribution in [3.05, 3.63) is 59.7 Å². The lowest BCUT2D eigenvalue weighted by Gasteiger charge is -2.32. The lowest BCUT2D eigenvalue weighted by Crippen LogP contribution is -2.44. The van der Waals surface area contributed by atoms with Gasteiger partial charge in [-0.15, -0.1) is 0 Å². The Bertz CT molecular complexity index is 1070. The minimum atomic E-state index is -3.41. The van der Waals surface area contributed by atoms with Gasteiger partial charge in [-0.25, -0.2) is 8.42 Å². The van der Waals surface area contributed by atoms with Gasteiger partial charge in [-0.2, -0.15) is 4.31 Å². The van der Waals surface area contributed by atoms with Crippen molar-refractivity contribution in [1.29, 1.82) is 0 Å². The molecule has 0 aromatic heterocycles. The molecule has 1 N–H and O–H groups in total. The number of amides is 1. The number of sulfonamides is 1. The van der Waals surface area contributed by atoms with Gasteiger partial charge in [0.25, 0.3) is 0 Å². The van der Waals surface area contributed by atoms with Crippen LogP contribution in [0, 0.1) is 0 Å². The summed E-state index contributed by atoms with van der Waals surface area (Å²) in [5, 5.41) is 3.18. The molecule has 1 amide bonds. The summed E-state index contributed by atoms with van der Waals surface area (Å²) in [5.41, 5.74) is 2.22. The van der Waals surface area contributed by atoms with E-state index in [-0.39, 0.29) is 11.9 Å². The van der Waals surface area contributed by atoms with Crippen molar-refractivity contribution >= 4 is 15.9 Å². The van der Waals surface area contributed by atoms with Gasteiger partial charge in [-0.3, -0.25) is 9.69 Å². The Morgan fingerprint density at radius 2 is 1.69 bits per heavy atom. The normalized spacial score (nSPS) is 18.3. The molecule has 2 aromatic carbocycles. The molecule has 0 atom stereocenters. The first-order valence-corrected chi connectivity index (χ1v) is 14.1. The molecule has 7 nitrogen and oxygen atoms in total. The van der Waals surface area contributed by atoms with Gasteiger partial charge in [0.05, 0.1) is 12.0 Å². The fourth-order valence-electron chi connectivity index (χ4n) is 4.90. The predicted molar refractivity (Wildman–Crippen MR) is 137 cm³/mol. The molecule has 0 bridgehead atoms. The highest BCUT2D eigenvalue weighted by molar-refractivity contribution is 7.89. The minimum absolute atomic E-state index is 0.0567. The van der Waals surface area contributed by atoms with Crippen LogP contribution in [0.5, 0.6) is 5.75 Å². The number of likely N-dealkylation sites (tertiary alicyclic amines) is 1. The number of carbonyl (C=O) groups excluding carboxylic acids is 1. The van der Waals surface area contributed by atoms with E-state index in [0.717, 1.165) is 63.1 Å². The number of nitrogens with one attached hydrogen (secondary N) is 1. The maximum atomic E-state index is 12.8. The lowest BCUT2D eigenvalue weighted by atomic mass is 10.0. The van der Waals surface area contributed by atoms with E-state index in [1.165, 1.54) is 5.56 Å². The number of nitrogens with zero attached hydrogens (tertiary/aromatic N) is 2. The molecule has 2 saturated heterocycles. The van der Waals surface area contributed by atoms with E-state index in [9.17, 15) is 13.2 Å². The van der Waals surface area contributed by atoms with Crippen molar-refractivity contribution in [1.82, 2.24) is 14.5 Å². The molecular formula is C27H37N3O4S. The average molecular weight is 500 g/mol. The number of aryl methyl sites for hydroxylation is 1. The average Bonchev–Trinajstić information content (AvgIpc) is 2.89. The predicted octanol–water partition coefficient (Wildman–Crippen LogP) is 3.58. The Morgan fingerprint density at radius 3 is 2.37 bits per heavy atom. The Kier molecular flexibility index (Phi) is 8.81. The summed E-state index contributed by atoms with van der Waals surface area (Å²) in [7, 11) is -1.73. The van der Waals surface area contributed by atoms with E-state index in [1.54, 1.807) is 23.5 Å². The van der Waals surface area contributed by atoms with Crippen LogP contribution in [0.1, 0.15) is 49.7 Å². The third-order valence-corrected chi connectivity index (χ3v) is 8.92. The quantitative estimate of drug-likeness (QED) is 0.571. The molecule has 2 aromatic rings. The van der Waals surface area contributed by atoms with Gasteiger partial charge in [-0.05, 0) is 67.5 Å². The van der Waals surface area contributed by atoms with Crippen LogP contribution in [0.25, 0.3) is 0 Å². The summed E-state index contributed by atoms with van der Waals surface area (Å²) in [6, 6.07) is 15.4. The number of carbonyl (C=O) groups is 1. The second-order valence-corrected chi connectivity index (χ2v) is 11.5. The van der Waals surface area contributed by atoms with Gasteiger partial charge in [0.15, 0.2) is 0 Å². The van der Waals surface area contributed by atoms with E-state index in [0.29, 0.717) is 30.8 Å². The molecule has 2 aliphatic heterocycles. The number of benzene rings is 2. The number of methoxy groups -OCH3 is 1. The molecule has 0 saturated carbocycles. The van der Waals surface area contributed by atoms with Crippen molar-refractivity contribution in [2.24, 2.45) is 0 Å². The fourth-order valence-corrected chi connectivity index (χ4v) is 6.42. The number of rotatable bonds is 9. The molecule has 2 heterocycles. The van der Waals surface area contributed by atoms with Gasteiger partial charge < -0.3 is 10.1 Å². The molecule has 190 valence electrons. The van der Waals surface area contributed by atoms with Crippen molar-refractivity contribution in [2.45, 2.75) is 62.4 Å². The number of ether oxygens (including phenoxy) is 1. The molecule has 0 spiro atoms. The van der Waals surface area contributed by atoms with E-state index >= 15 is 0 Å². The molecule has 0 aliphatic carbocycles. The first-order valence-electron chi connectivity index (χ1n) is 12.7. The molecule has 2 aliphatic rings. The van der Waals surface area contributed by atoms with E-state index in [1.807, 2.05) is 24.3 Å². The maximum Gasteiger partial charge on any atom is 0.243 e. The molecule has 35 heavy (non-hydrogen) atoms. The van der Waals surface area contributed by atoms with E-state index in [4.69, 9.17) is 4.74 Å². The summed E-state index contributed by atoms with van der Waals surface area (Å²) >= 11 is 0. The van der Waals surface area contributed by atoms with Crippen LogP contribution in [0.2, 0.25) is 0 Å². The van der Waals surface area contributed by atoms with Gasteiger partial charge in [0, 0.05) is 45.2 Å². The third kappa shape index (κ3) is 7.06. The number of piperidine rings is 2. The largest absolute Gasteiger partial charge is 0.497 e. The molecule has 2 fully saturated rings. The maximum absolute atomic E-state index is 12.8. The summed E-state index contributed by atoms with van der Waals surface area (Å²) in [6.07, 6.45) is 5.83. The second-order valence-electron chi connectivity index (χ2n) is 9.58. The zero-order valence-corrected chi connectivity index (χ0v) is 21.4. The molecule has 4 rings (SSSR count). The van der Waals surface area contributed by atoms with Gasteiger partial charge in [0.1, 0.15) is 5.75 Å². The Hall–Kier alpha value is -2.42. The Morgan fingerprint density at radius 1 is 0.971 bits per heavy atom. The van der Waals surface area contributed by atoms with E-state index in [2.05, 4.69) is 22.3 Å². The van der Waals surface area contributed by atoms with Crippen LogP contribution in [-0.4, -0.2) is 62.9 Å². The first-order chi connectivity index (χ1) is 16.9. The molecule has 0 unspecified atom stereocenters. The van der Waals surface area contributed by atoms with Gasteiger partial charge in [-0.1, -0.05) is 30.7 Å². The summed E-state index contributed by atoms with van der Waals surface area (Å²) in [5.74, 6) is 0.934. The van der Waals surface area contributed by atoms with Crippen LogP contribution >= 0.6 is 0 Å². The van der Waals surface area contributed by atoms with E-state index < -0.39 is 10.0 Å². The molecular weight excluding hydrogens is 462 g/mol.